The minimum atomic E-state index is -0.425. The summed E-state index contributed by atoms with van der Waals surface area (Å²) in [7, 11) is 0. The highest BCUT2D eigenvalue weighted by Gasteiger charge is 2.64. The molecule has 1 saturated carbocycles. The Balaban J connectivity index is 1.46. The largest absolute Gasteiger partial charge is 0.733 e. The van der Waals surface area contributed by atoms with Gasteiger partial charge in [0.1, 0.15) is 0 Å². The number of anilines is 2. The third kappa shape index (κ3) is 2.88. The zero-order valence-corrected chi connectivity index (χ0v) is 17.7. The van der Waals surface area contributed by atoms with E-state index < -0.39 is 11.8 Å². The summed E-state index contributed by atoms with van der Waals surface area (Å²) < 4.78 is 0. The van der Waals surface area contributed by atoms with Gasteiger partial charge in [0.15, 0.2) is 0 Å². The lowest BCUT2D eigenvalue weighted by atomic mass is 9.73. The molecule has 6 heteroatoms. The maximum atomic E-state index is 13.6. The van der Waals surface area contributed by atoms with Gasteiger partial charge in [-0.2, -0.15) is 0 Å². The Morgan fingerprint density at radius 2 is 1.27 bits per heavy atom. The van der Waals surface area contributed by atoms with Crippen molar-refractivity contribution in [3.05, 3.63) is 101 Å². The monoisotopic (exact) mass is 437 g/mol. The molecule has 2 bridgehead atoms. The number of amides is 2. The first-order valence-electron chi connectivity index (χ1n) is 11.0. The van der Waals surface area contributed by atoms with Crippen LogP contribution in [-0.2, 0) is 9.59 Å². The van der Waals surface area contributed by atoms with E-state index in [4.69, 9.17) is 0 Å². The van der Waals surface area contributed by atoms with E-state index in [9.17, 15) is 20.0 Å². The summed E-state index contributed by atoms with van der Waals surface area (Å²) in [5.41, 5.74) is 4.78. The second kappa shape index (κ2) is 7.40. The van der Waals surface area contributed by atoms with Gasteiger partial charge in [-0.1, -0.05) is 66.7 Å². The second-order valence-electron chi connectivity index (χ2n) is 8.86. The molecule has 2 aliphatic carbocycles. The summed E-state index contributed by atoms with van der Waals surface area (Å²) in [5.74, 6) is -1.40. The molecular weight excluding hydrogens is 416 g/mol. The van der Waals surface area contributed by atoms with Gasteiger partial charge in [0, 0.05) is 0 Å². The second-order valence-corrected chi connectivity index (χ2v) is 8.86. The van der Waals surface area contributed by atoms with E-state index in [-0.39, 0.29) is 34.6 Å². The molecule has 6 rings (SSSR count). The number of imide groups is 1. The summed E-state index contributed by atoms with van der Waals surface area (Å²) in [4.78, 5) is 28.4. The van der Waals surface area contributed by atoms with E-state index in [0.717, 1.165) is 28.7 Å². The van der Waals surface area contributed by atoms with Crippen LogP contribution in [0.2, 0.25) is 0 Å². The Morgan fingerprint density at radius 3 is 1.76 bits per heavy atom. The van der Waals surface area contributed by atoms with E-state index >= 15 is 0 Å². The molecule has 164 valence electrons. The van der Waals surface area contributed by atoms with E-state index in [1.165, 1.54) is 17.0 Å². The lowest BCUT2D eigenvalue weighted by molar-refractivity contribution is -0.123. The molecule has 0 spiro atoms. The van der Waals surface area contributed by atoms with Crippen molar-refractivity contribution < 1.29 is 14.8 Å². The molecule has 33 heavy (non-hydrogen) atoms. The molecule has 3 aromatic rings. The molecule has 3 aromatic carbocycles. The van der Waals surface area contributed by atoms with Gasteiger partial charge in [0.05, 0.1) is 23.2 Å². The maximum Gasteiger partial charge on any atom is 0.238 e. The minimum Gasteiger partial charge on any atom is -0.733 e. The maximum absolute atomic E-state index is 13.6. The van der Waals surface area contributed by atoms with Crippen LogP contribution in [0.3, 0.4) is 0 Å². The van der Waals surface area contributed by atoms with Crippen LogP contribution in [0.25, 0.3) is 11.1 Å². The molecule has 4 unspecified atom stereocenters. The van der Waals surface area contributed by atoms with Crippen LogP contribution in [0.4, 0.5) is 11.4 Å². The summed E-state index contributed by atoms with van der Waals surface area (Å²) >= 11 is 0. The van der Waals surface area contributed by atoms with Gasteiger partial charge in [0.25, 0.3) is 0 Å². The molecule has 1 aliphatic heterocycles. The van der Waals surface area contributed by atoms with Crippen molar-refractivity contribution in [3.8, 4) is 0 Å². The number of rotatable bonds is 4. The summed E-state index contributed by atoms with van der Waals surface area (Å²) in [5, 5.41) is 20.4. The van der Waals surface area contributed by atoms with Crippen LogP contribution in [-0.4, -0.2) is 17.0 Å². The SMILES string of the molecule is O=C1C2C3CC(C(c4ccccc4)=C3c3ccccc3)C2C(=O)N1c1cccc(N([O-])O)c1. The molecule has 0 aromatic heterocycles. The predicted molar refractivity (Wildman–Crippen MR) is 125 cm³/mol. The number of carbonyl (C=O) groups is 2. The molecule has 1 N–H and O–H groups in total. The van der Waals surface area contributed by atoms with Crippen LogP contribution in [0.5, 0.6) is 0 Å². The van der Waals surface area contributed by atoms with Crippen LogP contribution in [0.15, 0.2) is 84.9 Å². The van der Waals surface area contributed by atoms with Gasteiger partial charge < -0.3 is 10.4 Å². The number of hydrogen-bond acceptors (Lipinski definition) is 5. The lowest BCUT2D eigenvalue weighted by Gasteiger charge is -2.27. The molecule has 4 atom stereocenters. The average molecular weight is 437 g/mol. The number of benzene rings is 3. The number of allylic oxidation sites excluding steroid dienone is 2. The van der Waals surface area contributed by atoms with Crippen LogP contribution in [0.1, 0.15) is 17.5 Å². The first kappa shape index (κ1) is 19.9. The summed E-state index contributed by atoms with van der Waals surface area (Å²) in [6.45, 7) is 0. The molecule has 3 aliphatic rings. The van der Waals surface area contributed by atoms with E-state index in [0.29, 0.717) is 5.69 Å². The zero-order chi connectivity index (χ0) is 22.7. The van der Waals surface area contributed by atoms with Crippen molar-refractivity contribution in [2.75, 3.05) is 10.1 Å². The predicted octanol–water partition coefficient (Wildman–Crippen LogP) is 4.75. The Kier molecular flexibility index (Phi) is 4.47. The first-order valence-corrected chi connectivity index (χ1v) is 11.0. The fraction of sp³-hybridized carbons (Fsp3) is 0.185. The van der Waals surface area contributed by atoms with Gasteiger partial charge in [-0.3, -0.25) is 14.8 Å². The fourth-order valence-electron chi connectivity index (χ4n) is 6.10. The van der Waals surface area contributed by atoms with Crippen LogP contribution < -0.4 is 10.1 Å². The van der Waals surface area contributed by atoms with Crippen molar-refractivity contribution >= 4 is 34.3 Å². The van der Waals surface area contributed by atoms with Gasteiger partial charge in [-0.15, -0.1) is 0 Å². The third-order valence-electron chi connectivity index (χ3n) is 7.28. The normalized spacial score (nSPS) is 25.7. The molecule has 1 heterocycles. The highest BCUT2D eigenvalue weighted by Crippen LogP contribution is 2.63. The topological polar surface area (TPSA) is 83.9 Å². The smallest absolute Gasteiger partial charge is 0.238 e. The minimum absolute atomic E-state index is 0.0267. The van der Waals surface area contributed by atoms with Gasteiger partial charge >= 0.3 is 0 Å². The molecule has 2 amide bonds. The quantitative estimate of drug-likeness (QED) is 0.471. The highest BCUT2D eigenvalue weighted by atomic mass is 16.8. The van der Waals surface area contributed by atoms with Gasteiger partial charge in [-0.05, 0) is 58.7 Å². The molecule has 2 fully saturated rings. The molecular formula is C27H21N2O4-. The Hall–Kier alpha value is -3.74. The number of carbonyl (C=O) groups excluding carboxylic acids is 2. The summed E-state index contributed by atoms with van der Waals surface area (Å²) in [6.07, 6.45) is 0.778. The van der Waals surface area contributed by atoms with E-state index in [1.54, 1.807) is 12.1 Å². The van der Waals surface area contributed by atoms with Crippen molar-refractivity contribution in [1.29, 1.82) is 0 Å². The van der Waals surface area contributed by atoms with Gasteiger partial charge in [0.2, 0.25) is 11.8 Å². The third-order valence-corrected chi connectivity index (χ3v) is 7.28. The molecule has 1 saturated heterocycles. The van der Waals surface area contributed by atoms with Crippen molar-refractivity contribution in [2.24, 2.45) is 23.7 Å². The highest BCUT2D eigenvalue weighted by molar-refractivity contribution is 6.24. The number of nitrogens with zero attached hydrogens (tertiary/aromatic N) is 2. The number of hydrogen-bond donors (Lipinski definition) is 1. The van der Waals surface area contributed by atoms with E-state index in [1.807, 2.05) is 36.4 Å². The van der Waals surface area contributed by atoms with Crippen LogP contribution in [0, 0.1) is 28.9 Å². The first-order chi connectivity index (χ1) is 16.1. The van der Waals surface area contributed by atoms with Crippen molar-refractivity contribution in [1.82, 2.24) is 0 Å². The number of fused-ring (bicyclic) bond motifs is 5. The van der Waals surface area contributed by atoms with Gasteiger partial charge in [-0.25, -0.2) is 4.90 Å². The molecule has 0 radical (unpaired) electrons. The fourth-order valence-corrected chi connectivity index (χ4v) is 6.10. The summed E-state index contributed by atoms with van der Waals surface area (Å²) in [6, 6.07) is 26.2. The van der Waals surface area contributed by atoms with E-state index in [2.05, 4.69) is 24.3 Å². The standard InChI is InChI=1S/C27H21N2O4/c30-26-24-20-15-21(25(24)27(31)28(26)18-12-7-13-19(14-18)29(32)33)23(17-10-5-2-6-11-17)22(20)16-8-3-1-4-9-16/h1-14,20-21,24-25,32H,15H2/q-1. The Morgan fingerprint density at radius 1 is 0.758 bits per heavy atom. The Labute approximate surface area is 190 Å². The lowest BCUT2D eigenvalue weighted by Crippen LogP contribution is -2.33. The van der Waals surface area contributed by atoms with Crippen molar-refractivity contribution in [2.45, 2.75) is 6.42 Å². The molecule has 6 nitrogen and oxygen atoms in total. The average Bonchev–Trinajstić information content (AvgIpc) is 3.49. The van der Waals surface area contributed by atoms with Crippen LogP contribution >= 0.6 is 0 Å². The zero-order valence-electron chi connectivity index (χ0n) is 17.7. The van der Waals surface area contributed by atoms with Crippen molar-refractivity contribution in [3.63, 3.8) is 0 Å². The Bertz CT molecular complexity index is 1210.